The molecule has 1 unspecified atom stereocenters. The smallest absolute Gasteiger partial charge is 0.257 e. The Morgan fingerprint density at radius 1 is 1.07 bits per heavy atom. The van der Waals surface area contributed by atoms with Crippen LogP contribution in [0.1, 0.15) is 37.6 Å². The summed E-state index contributed by atoms with van der Waals surface area (Å²) in [5.41, 5.74) is 0.191. The van der Waals surface area contributed by atoms with Crippen LogP contribution >= 0.6 is 11.6 Å². The van der Waals surface area contributed by atoms with E-state index in [9.17, 15) is 14.4 Å². The van der Waals surface area contributed by atoms with Gasteiger partial charge in [0.1, 0.15) is 11.8 Å². The zero-order chi connectivity index (χ0) is 21.3. The van der Waals surface area contributed by atoms with Crippen molar-refractivity contribution < 1.29 is 19.1 Å². The molecule has 0 spiro atoms. The molecule has 0 aromatic heterocycles. The zero-order valence-corrected chi connectivity index (χ0v) is 17.6. The van der Waals surface area contributed by atoms with E-state index in [1.807, 2.05) is 20.8 Å². The van der Waals surface area contributed by atoms with E-state index >= 15 is 0 Å². The molecule has 1 saturated heterocycles. The van der Waals surface area contributed by atoms with Gasteiger partial charge in [-0.1, -0.05) is 11.6 Å². The second-order valence-electron chi connectivity index (χ2n) is 7.84. The summed E-state index contributed by atoms with van der Waals surface area (Å²) in [4.78, 5) is 41.8. The molecule has 0 saturated carbocycles. The van der Waals surface area contributed by atoms with Gasteiger partial charge in [0, 0.05) is 16.1 Å². The molecule has 152 valence electrons. The van der Waals surface area contributed by atoms with Crippen molar-refractivity contribution in [1.29, 1.82) is 0 Å². The Labute approximate surface area is 175 Å². The quantitative estimate of drug-likeness (QED) is 0.711. The molecule has 29 heavy (non-hydrogen) atoms. The van der Waals surface area contributed by atoms with Crippen molar-refractivity contribution >= 4 is 35.0 Å². The number of rotatable bonds is 4. The molecule has 0 N–H and O–H groups in total. The molecule has 6 nitrogen and oxygen atoms in total. The SMILES string of the molecule is COc1ccc(C(=O)N(C2CC(=O)N(c3ccc(Cl)cc3)C2=O)C(C)(C)C)cc1. The average molecular weight is 415 g/mol. The lowest BCUT2D eigenvalue weighted by atomic mass is 9.99. The van der Waals surface area contributed by atoms with E-state index in [1.165, 1.54) is 4.90 Å². The van der Waals surface area contributed by atoms with Crippen LogP contribution in [0.5, 0.6) is 5.75 Å². The number of nitrogens with zero attached hydrogens (tertiary/aromatic N) is 2. The van der Waals surface area contributed by atoms with Gasteiger partial charge < -0.3 is 9.64 Å². The van der Waals surface area contributed by atoms with Gasteiger partial charge in [-0.2, -0.15) is 0 Å². The highest BCUT2D eigenvalue weighted by Gasteiger charge is 2.47. The maximum atomic E-state index is 13.3. The topological polar surface area (TPSA) is 66.9 Å². The maximum absolute atomic E-state index is 13.3. The number of ether oxygens (including phenoxy) is 1. The molecule has 2 aromatic rings. The predicted octanol–water partition coefficient (Wildman–Crippen LogP) is 3.92. The Hall–Kier alpha value is -2.86. The fourth-order valence-corrected chi connectivity index (χ4v) is 3.59. The lowest BCUT2D eigenvalue weighted by molar-refractivity contribution is -0.123. The maximum Gasteiger partial charge on any atom is 0.257 e. The van der Waals surface area contributed by atoms with Gasteiger partial charge in [0.05, 0.1) is 19.2 Å². The van der Waals surface area contributed by atoms with Crippen LogP contribution in [0, 0.1) is 0 Å². The second-order valence-corrected chi connectivity index (χ2v) is 8.27. The molecule has 0 bridgehead atoms. The molecule has 0 aliphatic carbocycles. The van der Waals surface area contributed by atoms with Crippen LogP contribution in [0.3, 0.4) is 0 Å². The van der Waals surface area contributed by atoms with Gasteiger partial charge in [-0.25, -0.2) is 4.90 Å². The van der Waals surface area contributed by atoms with Gasteiger partial charge in [0.15, 0.2) is 0 Å². The van der Waals surface area contributed by atoms with Crippen molar-refractivity contribution in [2.24, 2.45) is 0 Å². The van der Waals surface area contributed by atoms with Crippen LogP contribution in [-0.2, 0) is 9.59 Å². The largest absolute Gasteiger partial charge is 0.497 e. The van der Waals surface area contributed by atoms with E-state index in [0.29, 0.717) is 22.0 Å². The summed E-state index contributed by atoms with van der Waals surface area (Å²) in [7, 11) is 1.55. The van der Waals surface area contributed by atoms with Crippen LogP contribution < -0.4 is 9.64 Å². The van der Waals surface area contributed by atoms with Gasteiger partial charge in [-0.05, 0) is 69.3 Å². The van der Waals surface area contributed by atoms with E-state index in [2.05, 4.69) is 0 Å². The van der Waals surface area contributed by atoms with Crippen molar-refractivity contribution in [2.45, 2.75) is 38.8 Å². The molecule has 1 aliphatic rings. The van der Waals surface area contributed by atoms with Gasteiger partial charge in [0.25, 0.3) is 11.8 Å². The minimum atomic E-state index is -0.882. The molecule has 2 aromatic carbocycles. The van der Waals surface area contributed by atoms with E-state index in [-0.39, 0.29) is 18.2 Å². The number of carbonyl (C=O) groups is 3. The van der Waals surface area contributed by atoms with Gasteiger partial charge in [0.2, 0.25) is 5.91 Å². The van der Waals surface area contributed by atoms with E-state index in [0.717, 1.165) is 4.90 Å². The molecule has 3 rings (SSSR count). The van der Waals surface area contributed by atoms with Crippen molar-refractivity contribution in [3.8, 4) is 5.75 Å². The Morgan fingerprint density at radius 3 is 2.17 bits per heavy atom. The number of amides is 3. The minimum absolute atomic E-state index is 0.0688. The van der Waals surface area contributed by atoms with Gasteiger partial charge in [-0.15, -0.1) is 0 Å². The summed E-state index contributed by atoms with van der Waals surface area (Å²) < 4.78 is 5.14. The molecule has 1 heterocycles. The molecule has 0 radical (unpaired) electrons. The summed E-state index contributed by atoms with van der Waals surface area (Å²) in [6.07, 6.45) is -0.0688. The van der Waals surface area contributed by atoms with Crippen molar-refractivity contribution in [2.75, 3.05) is 12.0 Å². The number of hydrogen-bond donors (Lipinski definition) is 0. The highest BCUT2D eigenvalue weighted by molar-refractivity contribution is 6.31. The Bertz CT molecular complexity index is 933. The highest BCUT2D eigenvalue weighted by Crippen LogP contribution is 2.31. The number of methoxy groups -OCH3 is 1. The van der Waals surface area contributed by atoms with Crippen LogP contribution in [0.4, 0.5) is 5.69 Å². The summed E-state index contributed by atoms with van der Waals surface area (Å²) in [5, 5.41) is 0.510. The molecule has 3 amide bonds. The van der Waals surface area contributed by atoms with Crippen molar-refractivity contribution in [3.63, 3.8) is 0 Å². The zero-order valence-electron chi connectivity index (χ0n) is 16.8. The highest BCUT2D eigenvalue weighted by atomic mass is 35.5. The number of benzene rings is 2. The summed E-state index contributed by atoms with van der Waals surface area (Å²) in [6.45, 7) is 5.53. The normalized spacial score (nSPS) is 16.9. The third-order valence-electron chi connectivity index (χ3n) is 4.80. The molecule has 7 heteroatoms. The Balaban J connectivity index is 1.95. The molecule has 1 aliphatic heterocycles. The van der Waals surface area contributed by atoms with Crippen molar-refractivity contribution in [1.82, 2.24) is 4.90 Å². The summed E-state index contributed by atoms with van der Waals surface area (Å²) >= 11 is 5.91. The first-order valence-corrected chi connectivity index (χ1v) is 9.61. The lowest BCUT2D eigenvalue weighted by Crippen LogP contribution is -2.54. The minimum Gasteiger partial charge on any atom is -0.497 e. The Morgan fingerprint density at radius 2 is 1.66 bits per heavy atom. The van der Waals surface area contributed by atoms with Gasteiger partial charge >= 0.3 is 0 Å². The number of imide groups is 1. The Kier molecular flexibility index (Phi) is 5.66. The molecular formula is C22H23ClN2O4. The first-order chi connectivity index (χ1) is 13.6. The number of anilines is 1. The standard InChI is InChI=1S/C22H23ClN2O4/c1-22(2,3)25(20(27)14-5-11-17(29-4)12-6-14)18-13-19(26)24(21(18)28)16-9-7-15(23)8-10-16/h5-12,18H,13H2,1-4H3. The van der Waals surface area contributed by atoms with Crippen LogP contribution in [-0.4, -0.2) is 41.3 Å². The molecule has 1 fully saturated rings. The van der Waals surface area contributed by atoms with Crippen LogP contribution in [0.15, 0.2) is 48.5 Å². The van der Waals surface area contributed by atoms with Crippen LogP contribution in [0.25, 0.3) is 0 Å². The average Bonchev–Trinajstić information content (AvgIpc) is 2.95. The monoisotopic (exact) mass is 414 g/mol. The first-order valence-electron chi connectivity index (χ1n) is 9.23. The second kappa shape index (κ2) is 7.87. The lowest BCUT2D eigenvalue weighted by Gasteiger charge is -2.39. The van der Waals surface area contributed by atoms with E-state index < -0.39 is 17.5 Å². The first kappa shape index (κ1) is 20.9. The van der Waals surface area contributed by atoms with Crippen molar-refractivity contribution in [3.05, 3.63) is 59.1 Å². The fraction of sp³-hybridized carbons (Fsp3) is 0.318. The molecule has 1 atom stereocenters. The third kappa shape index (κ3) is 4.12. The molecular weight excluding hydrogens is 392 g/mol. The summed E-state index contributed by atoms with van der Waals surface area (Å²) in [6, 6.07) is 12.3. The van der Waals surface area contributed by atoms with E-state index in [1.54, 1.807) is 55.6 Å². The third-order valence-corrected chi connectivity index (χ3v) is 5.05. The predicted molar refractivity (Wildman–Crippen MR) is 111 cm³/mol. The number of hydrogen-bond acceptors (Lipinski definition) is 4. The van der Waals surface area contributed by atoms with Gasteiger partial charge in [-0.3, -0.25) is 14.4 Å². The van der Waals surface area contributed by atoms with E-state index in [4.69, 9.17) is 16.3 Å². The summed E-state index contributed by atoms with van der Waals surface area (Å²) in [5.74, 6) is -0.456. The van der Waals surface area contributed by atoms with Crippen LogP contribution in [0.2, 0.25) is 5.02 Å². The number of carbonyl (C=O) groups excluding carboxylic acids is 3. The number of halogens is 1. The fourth-order valence-electron chi connectivity index (χ4n) is 3.47.